The molecule has 0 fully saturated rings. The monoisotopic (exact) mass is 859 g/mol. The summed E-state index contributed by atoms with van der Waals surface area (Å²) in [5.41, 5.74) is 0. The lowest BCUT2D eigenvalue weighted by Gasteiger charge is -2.15. The fraction of sp³-hybridized carbons (Fsp3) is 0.893. The maximum absolute atomic E-state index is 12.2. The largest absolute Gasteiger partial charge is 0.462 e. The van der Waals surface area contributed by atoms with Crippen molar-refractivity contribution < 1.29 is 24.2 Å². The highest BCUT2D eigenvalue weighted by Gasteiger charge is 2.16. The molecule has 1 N–H and O–H groups in total. The highest BCUT2D eigenvalue weighted by Crippen LogP contribution is 2.17. The van der Waals surface area contributed by atoms with E-state index in [1.54, 1.807) is 0 Å². The molecule has 0 saturated carbocycles. The molecule has 0 aliphatic heterocycles. The van der Waals surface area contributed by atoms with E-state index in [1.165, 1.54) is 225 Å². The number of esters is 2. The number of ether oxygens (including phenoxy) is 2. The first-order chi connectivity index (χ1) is 30.1. The fourth-order valence-corrected chi connectivity index (χ4v) is 8.35. The molecule has 0 spiro atoms. The summed E-state index contributed by atoms with van der Waals surface area (Å²) in [5, 5.41) is 9.61. The molecule has 0 saturated heterocycles. The number of carbonyl (C=O) groups excluding carboxylic acids is 2. The molecule has 61 heavy (non-hydrogen) atoms. The zero-order chi connectivity index (χ0) is 44.2. The molecule has 0 aliphatic rings. The van der Waals surface area contributed by atoms with E-state index in [9.17, 15) is 14.7 Å². The van der Waals surface area contributed by atoms with E-state index in [1.807, 2.05) is 0 Å². The number of hydrogen-bond donors (Lipinski definition) is 1. The molecule has 0 radical (unpaired) electrons. The molecule has 0 heterocycles. The summed E-state index contributed by atoms with van der Waals surface area (Å²) in [5.74, 6) is -0.592. The van der Waals surface area contributed by atoms with Gasteiger partial charge in [0.25, 0.3) is 0 Å². The first kappa shape index (κ1) is 59.4. The predicted molar refractivity (Wildman–Crippen MR) is 265 cm³/mol. The van der Waals surface area contributed by atoms with Crippen molar-refractivity contribution in [3.05, 3.63) is 24.3 Å². The number of aliphatic hydroxyl groups excluding tert-OH is 1. The molecule has 1 unspecified atom stereocenters. The van der Waals surface area contributed by atoms with E-state index in [-0.39, 0.29) is 25.2 Å². The summed E-state index contributed by atoms with van der Waals surface area (Å²) < 4.78 is 10.7. The van der Waals surface area contributed by atoms with E-state index in [0.29, 0.717) is 12.8 Å². The van der Waals surface area contributed by atoms with Crippen molar-refractivity contribution >= 4 is 11.9 Å². The van der Waals surface area contributed by atoms with E-state index in [0.717, 1.165) is 51.4 Å². The summed E-state index contributed by atoms with van der Waals surface area (Å²) in [6.07, 6.45) is 65.9. The number of carbonyl (C=O) groups is 2. The van der Waals surface area contributed by atoms with E-state index in [2.05, 4.69) is 38.2 Å². The van der Waals surface area contributed by atoms with Gasteiger partial charge in [-0.3, -0.25) is 9.59 Å². The number of unbranched alkanes of at least 4 members (excludes halogenated alkanes) is 39. The van der Waals surface area contributed by atoms with E-state index in [4.69, 9.17) is 9.47 Å². The molecular weight excluding hydrogens is 753 g/mol. The van der Waals surface area contributed by atoms with Gasteiger partial charge < -0.3 is 14.6 Å². The minimum Gasteiger partial charge on any atom is -0.462 e. The van der Waals surface area contributed by atoms with Crippen LogP contribution in [0.1, 0.15) is 303 Å². The summed E-state index contributed by atoms with van der Waals surface area (Å²) in [7, 11) is 0. The van der Waals surface area contributed by atoms with Crippen LogP contribution in [0.3, 0.4) is 0 Å². The van der Waals surface area contributed by atoms with Crippen molar-refractivity contribution in [3.63, 3.8) is 0 Å². The second-order valence-electron chi connectivity index (χ2n) is 18.7. The minimum absolute atomic E-state index is 0.0666. The Kier molecular flexibility index (Phi) is 51.3. The Morgan fingerprint density at radius 2 is 0.656 bits per heavy atom. The average Bonchev–Trinajstić information content (AvgIpc) is 3.26. The lowest BCUT2D eigenvalue weighted by Crippen LogP contribution is -2.28. The molecule has 0 aromatic rings. The fourth-order valence-electron chi connectivity index (χ4n) is 8.35. The maximum atomic E-state index is 12.2. The molecule has 0 aromatic heterocycles. The third kappa shape index (κ3) is 50.9. The predicted octanol–water partition coefficient (Wildman–Crippen LogP) is 18.1. The summed E-state index contributed by atoms with van der Waals surface area (Å²) in [6, 6.07) is 0. The standard InChI is InChI=1S/C56H106O5/c1-3-5-7-9-11-13-15-17-19-20-21-22-23-24-25-26-27-28-29-30-31-32-33-34-35-37-38-40-42-44-46-48-50-55(58)60-53-54(52-57)61-56(59)51-49-47-45-43-41-39-36-18-16-14-12-10-8-6-4-2/h12,14,18,36,54,57H,3-11,13,15-17,19-35,37-53H2,1-2H3/b14-12-,36-18-. The molecule has 5 heteroatoms. The third-order valence-electron chi connectivity index (χ3n) is 12.5. The van der Waals surface area contributed by atoms with Gasteiger partial charge in [-0.05, 0) is 44.9 Å². The van der Waals surface area contributed by atoms with Crippen LogP contribution in [-0.4, -0.2) is 36.4 Å². The quantitative estimate of drug-likeness (QED) is 0.0375. The van der Waals surface area contributed by atoms with Crippen molar-refractivity contribution in [3.8, 4) is 0 Å². The number of hydrogen-bond acceptors (Lipinski definition) is 5. The first-order valence-electron chi connectivity index (χ1n) is 27.4. The van der Waals surface area contributed by atoms with Gasteiger partial charge in [-0.25, -0.2) is 0 Å². The molecule has 1 atom stereocenters. The van der Waals surface area contributed by atoms with Crippen molar-refractivity contribution in [1.82, 2.24) is 0 Å². The summed E-state index contributed by atoms with van der Waals surface area (Å²) >= 11 is 0. The Morgan fingerprint density at radius 1 is 0.377 bits per heavy atom. The van der Waals surface area contributed by atoms with Gasteiger partial charge in [-0.1, -0.05) is 269 Å². The highest BCUT2D eigenvalue weighted by molar-refractivity contribution is 5.70. The van der Waals surface area contributed by atoms with Gasteiger partial charge in [0.2, 0.25) is 0 Å². The second-order valence-corrected chi connectivity index (χ2v) is 18.7. The molecule has 0 amide bonds. The second kappa shape index (κ2) is 52.7. The zero-order valence-electron chi connectivity index (χ0n) is 41.2. The van der Waals surface area contributed by atoms with Crippen LogP contribution in [0.4, 0.5) is 0 Å². The lowest BCUT2D eigenvalue weighted by molar-refractivity contribution is -0.161. The van der Waals surface area contributed by atoms with Crippen LogP contribution in [-0.2, 0) is 19.1 Å². The summed E-state index contributed by atoms with van der Waals surface area (Å²) in [6.45, 7) is 4.14. The molecule has 5 nitrogen and oxygen atoms in total. The SMILES string of the molecule is CCCCC/C=C\C/C=C\CCCCCCCC(=O)OC(CO)COC(=O)CCCCCCCCCCCCCCCCCCCCCCCCCCCCCCCCCC. The van der Waals surface area contributed by atoms with Crippen LogP contribution >= 0.6 is 0 Å². The van der Waals surface area contributed by atoms with Crippen LogP contribution < -0.4 is 0 Å². The van der Waals surface area contributed by atoms with Gasteiger partial charge in [0.1, 0.15) is 6.61 Å². The number of aliphatic hydroxyl groups is 1. The third-order valence-corrected chi connectivity index (χ3v) is 12.5. The zero-order valence-corrected chi connectivity index (χ0v) is 41.2. The summed E-state index contributed by atoms with van der Waals surface area (Å²) in [4.78, 5) is 24.4. The van der Waals surface area contributed by atoms with Crippen molar-refractivity contribution in [2.45, 2.75) is 309 Å². The van der Waals surface area contributed by atoms with Crippen molar-refractivity contribution in [2.75, 3.05) is 13.2 Å². The van der Waals surface area contributed by atoms with Crippen molar-refractivity contribution in [1.29, 1.82) is 0 Å². The van der Waals surface area contributed by atoms with Crippen LogP contribution in [0.15, 0.2) is 24.3 Å². The Hall–Kier alpha value is -1.62. The smallest absolute Gasteiger partial charge is 0.306 e. The van der Waals surface area contributed by atoms with E-state index < -0.39 is 6.10 Å². The molecule has 0 rings (SSSR count). The van der Waals surface area contributed by atoms with Crippen LogP contribution in [0.5, 0.6) is 0 Å². The van der Waals surface area contributed by atoms with Crippen LogP contribution in [0.25, 0.3) is 0 Å². The van der Waals surface area contributed by atoms with Crippen molar-refractivity contribution in [2.24, 2.45) is 0 Å². The minimum atomic E-state index is -0.775. The van der Waals surface area contributed by atoms with Gasteiger partial charge in [0.15, 0.2) is 6.10 Å². The Bertz CT molecular complexity index is 928. The maximum Gasteiger partial charge on any atom is 0.306 e. The van der Waals surface area contributed by atoms with Crippen LogP contribution in [0.2, 0.25) is 0 Å². The Morgan fingerprint density at radius 3 is 1.00 bits per heavy atom. The van der Waals surface area contributed by atoms with E-state index >= 15 is 0 Å². The molecule has 0 aliphatic carbocycles. The Labute approximate surface area is 381 Å². The number of rotatable bonds is 51. The Balaban J connectivity index is 3.39. The van der Waals surface area contributed by atoms with Gasteiger partial charge in [-0.2, -0.15) is 0 Å². The molecular formula is C56H106O5. The van der Waals surface area contributed by atoms with Gasteiger partial charge in [0.05, 0.1) is 6.61 Å². The molecule has 0 bridgehead atoms. The first-order valence-corrected chi connectivity index (χ1v) is 27.4. The van der Waals surface area contributed by atoms with Gasteiger partial charge in [0, 0.05) is 12.8 Å². The molecule has 0 aromatic carbocycles. The van der Waals surface area contributed by atoms with Gasteiger partial charge >= 0.3 is 11.9 Å². The lowest BCUT2D eigenvalue weighted by atomic mass is 10.0. The average molecular weight is 859 g/mol. The molecule has 360 valence electrons. The normalized spacial score (nSPS) is 12.2. The highest BCUT2D eigenvalue weighted by atomic mass is 16.6. The number of allylic oxidation sites excluding steroid dienone is 4. The van der Waals surface area contributed by atoms with Crippen LogP contribution in [0, 0.1) is 0 Å². The van der Waals surface area contributed by atoms with Gasteiger partial charge in [-0.15, -0.1) is 0 Å². The topological polar surface area (TPSA) is 72.8 Å².